The lowest BCUT2D eigenvalue weighted by Crippen LogP contribution is -2.49. The molecule has 6 nitrogen and oxygen atoms in total. The normalized spacial score (nSPS) is 17.0. The Bertz CT molecular complexity index is 818. The van der Waals surface area contributed by atoms with E-state index in [9.17, 15) is 14.7 Å². The van der Waals surface area contributed by atoms with Crippen LogP contribution in [0.25, 0.3) is 0 Å². The van der Waals surface area contributed by atoms with E-state index in [2.05, 4.69) is 20.9 Å². The lowest BCUT2D eigenvalue weighted by molar-refractivity contribution is 0.0645. The van der Waals surface area contributed by atoms with Gasteiger partial charge in [-0.3, -0.25) is 9.59 Å². The quantitative estimate of drug-likeness (QED) is 0.573. The molecule has 26 heavy (non-hydrogen) atoms. The summed E-state index contributed by atoms with van der Waals surface area (Å²) in [4.78, 5) is 30.0. The number of halogens is 1. The van der Waals surface area contributed by atoms with Gasteiger partial charge in [-0.25, -0.2) is 4.98 Å². The first kappa shape index (κ1) is 18.7. The number of rotatable bonds is 5. The fourth-order valence-electron chi connectivity index (χ4n) is 2.72. The predicted molar refractivity (Wildman–Crippen MR) is 103 cm³/mol. The fraction of sp³-hybridized carbons (Fsp3) is 0.278. The zero-order chi connectivity index (χ0) is 18.5. The second-order valence-corrected chi connectivity index (χ2v) is 7.59. The fourth-order valence-corrected chi connectivity index (χ4v) is 4.18. The third kappa shape index (κ3) is 4.02. The predicted octanol–water partition coefficient (Wildman–Crippen LogP) is 3.00. The largest absolute Gasteiger partial charge is 0.507 e. The van der Waals surface area contributed by atoms with Gasteiger partial charge >= 0.3 is 0 Å². The molecule has 0 aliphatic carbocycles. The molecule has 8 heteroatoms. The minimum Gasteiger partial charge on any atom is -0.507 e. The van der Waals surface area contributed by atoms with Crippen LogP contribution < -0.4 is 4.74 Å². The molecular formula is C18H17BrN2O4S. The number of amides is 1. The summed E-state index contributed by atoms with van der Waals surface area (Å²) < 4.78 is 6.28. The maximum atomic E-state index is 12.9. The number of benzene rings is 1. The van der Waals surface area contributed by atoms with Crippen LogP contribution in [-0.4, -0.2) is 57.9 Å². The van der Waals surface area contributed by atoms with E-state index >= 15 is 0 Å². The Balaban J connectivity index is 1.76. The third-order valence-corrected chi connectivity index (χ3v) is 5.79. The van der Waals surface area contributed by atoms with Gasteiger partial charge in [0, 0.05) is 24.2 Å². The smallest absolute Gasteiger partial charge is 0.257 e. The van der Waals surface area contributed by atoms with Gasteiger partial charge in [-0.15, -0.1) is 0 Å². The molecule has 1 aliphatic heterocycles. The minimum atomic E-state index is -0.143. The van der Waals surface area contributed by atoms with Crippen molar-refractivity contribution in [3.05, 3.63) is 52.3 Å². The van der Waals surface area contributed by atoms with E-state index in [0.717, 1.165) is 11.5 Å². The summed E-state index contributed by atoms with van der Waals surface area (Å²) in [6.45, 7) is 0.848. The molecule has 3 rings (SSSR count). The van der Waals surface area contributed by atoms with E-state index < -0.39 is 0 Å². The molecule has 0 radical (unpaired) electrons. The zero-order valence-electron chi connectivity index (χ0n) is 13.8. The molecular weight excluding hydrogens is 420 g/mol. The van der Waals surface area contributed by atoms with Crippen molar-refractivity contribution in [1.82, 2.24) is 9.88 Å². The van der Waals surface area contributed by atoms with Crippen LogP contribution >= 0.6 is 27.7 Å². The summed E-state index contributed by atoms with van der Waals surface area (Å²) >= 11 is 5.08. The molecule has 0 bridgehead atoms. The second-order valence-electron chi connectivity index (χ2n) is 5.69. The highest BCUT2D eigenvalue weighted by atomic mass is 79.9. The number of ether oxygens (including phenoxy) is 1. The number of thioether (sulfide) groups is 1. The molecule has 1 atom stereocenters. The Morgan fingerprint density at radius 2 is 2.27 bits per heavy atom. The van der Waals surface area contributed by atoms with E-state index in [1.54, 1.807) is 47.1 Å². The topological polar surface area (TPSA) is 79.7 Å². The number of hydrogen-bond donors (Lipinski definition) is 1. The van der Waals surface area contributed by atoms with Crippen molar-refractivity contribution in [1.29, 1.82) is 0 Å². The molecule has 1 fully saturated rings. The van der Waals surface area contributed by atoms with Crippen molar-refractivity contribution in [3.63, 3.8) is 0 Å². The number of aromatic hydroxyl groups is 1. The number of phenols is 1. The number of phenolic OH excluding ortho intramolecular Hbond substituents is 1. The van der Waals surface area contributed by atoms with Crippen molar-refractivity contribution in [2.45, 2.75) is 6.04 Å². The van der Waals surface area contributed by atoms with Gasteiger partial charge < -0.3 is 14.7 Å². The van der Waals surface area contributed by atoms with Gasteiger partial charge in [0.25, 0.3) is 5.91 Å². The molecule has 1 unspecified atom stereocenters. The van der Waals surface area contributed by atoms with Gasteiger partial charge in [0.15, 0.2) is 6.29 Å². The Kier molecular flexibility index (Phi) is 6.16. The first-order valence-electron chi connectivity index (χ1n) is 8.01. The summed E-state index contributed by atoms with van der Waals surface area (Å²) in [5.74, 6) is 1.67. The van der Waals surface area contributed by atoms with Crippen LogP contribution in [0.4, 0.5) is 0 Å². The van der Waals surface area contributed by atoms with Gasteiger partial charge in [0.05, 0.1) is 17.2 Å². The molecule has 0 saturated carbocycles. The Hall–Kier alpha value is -2.06. The van der Waals surface area contributed by atoms with E-state index in [1.807, 2.05) is 0 Å². The van der Waals surface area contributed by atoms with Crippen molar-refractivity contribution in [2.24, 2.45) is 0 Å². The monoisotopic (exact) mass is 436 g/mol. The van der Waals surface area contributed by atoms with E-state index in [-0.39, 0.29) is 29.9 Å². The van der Waals surface area contributed by atoms with Crippen molar-refractivity contribution >= 4 is 39.9 Å². The van der Waals surface area contributed by atoms with Crippen molar-refractivity contribution in [3.8, 4) is 11.5 Å². The van der Waals surface area contributed by atoms with Gasteiger partial charge in [-0.05, 0) is 40.2 Å². The van der Waals surface area contributed by atoms with Crippen LogP contribution in [0.5, 0.6) is 11.5 Å². The Labute approximate surface area is 163 Å². The number of aromatic nitrogens is 1. The molecule has 1 aromatic carbocycles. The van der Waals surface area contributed by atoms with Gasteiger partial charge in [0.2, 0.25) is 0 Å². The van der Waals surface area contributed by atoms with Crippen LogP contribution in [0.2, 0.25) is 0 Å². The van der Waals surface area contributed by atoms with Gasteiger partial charge in [-0.2, -0.15) is 11.8 Å². The molecule has 1 aliphatic rings. The SMILES string of the molecule is O=Cc1c(O)cccc1OCC1CSCCN1C(=O)c1cccnc1Br. The Morgan fingerprint density at radius 1 is 1.42 bits per heavy atom. The lowest BCUT2D eigenvalue weighted by Gasteiger charge is -2.35. The highest BCUT2D eigenvalue weighted by Gasteiger charge is 2.29. The van der Waals surface area contributed by atoms with Crippen LogP contribution in [0.3, 0.4) is 0 Å². The second kappa shape index (κ2) is 8.55. The van der Waals surface area contributed by atoms with Gasteiger partial charge in [-0.1, -0.05) is 6.07 Å². The number of nitrogens with zero attached hydrogens (tertiary/aromatic N) is 2. The molecule has 136 valence electrons. The summed E-state index contributed by atoms with van der Waals surface area (Å²) in [6, 6.07) is 7.99. The number of carbonyl (C=O) groups excluding carboxylic acids is 2. The summed E-state index contributed by atoms with van der Waals surface area (Å²) in [7, 11) is 0. The van der Waals surface area contributed by atoms with E-state index in [4.69, 9.17) is 4.74 Å². The number of pyridine rings is 1. The highest BCUT2D eigenvalue weighted by molar-refractivity contribution is 9.10. The first-order chi connectivity index (χ1) is 12.6. The molecule has 2 heterocycles. The number of aldehydes is 1. The summed E-state index contributed by atoms with van der Waals surface area (Å²) in [6.07, 6.45) is 2.19. The van der Waals surface area contributed by atoms with Crippen molar-refractivity contribution in [2.75, 3.05) is 24.7 Å². The molecule has 1 amide bonds. The lowest BCUT2D eigenvalue weighted by atomic mass is 10.2. The maximum Gasteiger partial charge on any atom is 0.257 e. The van der Waals surface area contributed by atoms with E-state index in [1.165, 1.54) is 6.07 Å². The highest BCUT2D eigenvalue weighted by Crippen LogP contribution is 2.27. The zero-order valence-corrected chi connectivity index (χ0v) is 16.2. The molecule has 1 N–H and O–H groups in total. The standard InChI is InChI=1S/C18H17BrN2O4S/c19-17-13(3-2-6-20-17)18(24)21-7-8-26-11-12(21)10-25-16-5-1-4-15(23)14(16)9-22/h1-6,9,12,23H,7-8,10-11H2. The summed E-state index contributed by atoms with van der Waals surface area (Å²) in [5, 5.41) is 9.76. The average molecular weight is 437 g/mol. The van der Waals surface area contributed by atoms with Gasteiger partial charge in [0.1, 0.15) is 22.7 Å². The molecule has 0 spiro atoms. The van der Waals surface area contributed by atoms with Crippen molar-refractivity contribution < 1.29 is 19.4 Å². The van der Waals surface area contributed by atoms with Crippen LogP contribution in [0.15, 0.2) is 41.1 Å². The van der Waals surface area contributed by atoms with Crippen LogP contribution in [0.1, 0.15) is 20.7 Å². The first-order valence-corrected chi connectivity index (χ1v) is 9.95. The Morgan fingerprint density at radius 3 is 3.04 bits per heavy atom. The number of carbonyl (C=O) groups is 2. The van der Waals surface area contributed by atoms with Crippen LogP contribution in [-0.2, 0) is 0 Å². The maximum absolute atomic E-state index is 12.9. The van der Waals surface area contributed by atoms with E-state index in [0.29, 0.717) is 28.7 Å². The number of hydrogen-bond acceptors (Lipinski definition) is 6. The third-order valence-electron chi connectivity index (χ3n) is 4.07. The molecule has 1 aromatic heterocycles. The average Bonchev–Trinajstić information content (AvgIpc) is 2.66. The molecule has 1 saturated heterocycles. The molecule has 2 aromatic rings. The minimum absolute atomic E-state index is 0.106. The summed E-state index contributed by atoms with van der Waals surface area (Å²) in [5.41, 5.74) is 0.624. The van der Waals surface area contributed by atoms with Crippen LogP contribution in [0, 0.1) is 0 Å².